The number of nitrogens with two attached hydrogens (primary N) is 1. The van der Waals surface area contributed by atoms with Crippen molar-refractivity contribution < 1.29 is 4.79 Å². The second kappa shape index (κ2) is 7.30. The molecular formula is C20H24N4O. The number of benzene rings is 2. The van der Waals surface area contributed by atoms with Gasteiger partial charge in [-0.1, -0.05) is 45.0 Å². The fourth-order valence-electron chi connectivity index (χ4n) is 2.50. The van der Waals surface area contributed by atoms with Gasteiger partial charge in [0.1, 0.15) is 12.2 Å². The molecule has 130 valence electrons. The summed E-state index contributed by atoms with van der Waals surface area (Å²) in [6.07, 6.45) is 0.900. The molecule has 0 saturated carbocycles. The van der Waals surface area contributed by atoms with Crippen LogP contribution in [-0.4, -0.2) is 18.1 Å². The number of nitrogens with zero attached hydrogens (tertiary/aromatic N) is 1. The fraction of sp³-hybridized carbons (Fsp3) is 0.250. The van der Waals surface area contributed by atoms with Crippen LogP contribution in [0.4, 0.5) is 5.69 Å². The van der Waals surface area contributed by atoms with Crippen molar-refractivity contribution >= 4 is 23.8 Å². The molecule has 4 N–H and O–H groups in total. The van der Waals surface area contributed by atoms with Crippen LogP contribution in [-0.2, 0) is 5.41 Å². The minimum Gasteiger partial charge on any atom is -0.383 e. The molecule has 0 fully saturated rings. The van der Waals surface area contributed by atoms with Crippen molar-refractivity contribution in [2.24, 2.45) is 10.7 Å². The van der Waals surface area contributed by atoms with Crippen molar-refractivity contribution in [3.05, 3.63) is 64.7 Å². The molecule has 0 radical (unpaired) electrons. The van der Waals surface area contributed by atoms with Crippen LogP contribution in [0.1, 0.15) is 47.8 Å². The Morgan fingerprint density at radius 3 is 2.36 bits per heavy atom. The van der Waals surface area contributed by atoms with Crippen LogP contribution in [0.3, 0.4) is 0 Å². The highest BCUT2D eigenvalue weighted by atomic mass is 16.1. The molecule has 0 aliphatic heterocycles. The molecule has 0 aliphatic rings. The summed E-state index contributed by atoms with van der Waals surface area (Å²) in [5.74, 6) is 0.0707. The maximum absolute atomic E-state index is 12.5. The van der Waals surface area contributed by atoms with E-state index in [1.807, 2.05) is 43.3 Å². The van der Waals surface area contributed by atoms with Crippen LogP contribution < -0.4 is 11.1 Å². The van der Waals surface area contributed by atoms with E-state index in [9.17, 15) is 4.79 Å². The summed E-state index contributed by atoms with van der Waals surface area (Å²) in [5, 5.41) is 9.95. The SMILES string of the molecule is Cc1c(NC(=O)c2ccc(C(C)(C)C)cc2)cccc1C(N)=NC=N. The maximum Gasteiger partial charge on any atom is 0.255 e. The third-order valence-corrected chi connectivity index (χ3v) is 4.07. The summed E-state index contributed by atoms with van der Waals surface area (Å²) in [6.45, 7) is 8.27. The molecule has 2 aromatic rings. The van der Waals surface area contributed by atoms with Crippen molar-refractivity contribution in [1.82, 2.24) is 0 Å². The van der Waals surface area contributed by atoms with E-state index in [1.54, 1.807) is 6.07 Å². The van der Waals surface area contributed by atoms with Gasteiger partial charge >= 0.3 is 0 Å². The Kier molecular flexibility index (Phi) is 5.37. The van der Waals surface area contributed by atoms with Gasteiger partial charge in [0.05, 0.1) is 0 Å². The highest BCUT2D eigenvalue weighted by Crippen LogP contribution is 2.23. The van der Waals surface area contributed by atoms with Crippen molar-refractivity contribution in [2.45, 2.75) is 33.1 Å². The number of amidine groups is 1. The molecule has 2 rings (SSSR count). The number of rotatable bonds is 4. The molecule has 25 heavy (non-hydrogen) atoms. The molecule has 0 saturated heterocycles. The van der Waals surface area contributed by atoms with Crippen LogP contribution >= 0.6 is 0 Å². The molecule has 0 unspecified atom stereocenters. The summed E-state index contributed by atoms with van der Waals surface area (Å²) in [7, 11) is 0. The zero-order valence-corrected chi connectivity index (χ0v) is 15.1. The van der Waals surface area contributed by atoms with Crippen LogP contribution in [0, 0.1) is 12.3 Å². The summed E-state index contributed by atoms with van der Waals surface area (Å²) in [4.78, 5) is 16.3. The Labute approximate surface area is 148 Å². The largest absolute Gasteiger partial charge is 0.383 e. The molecule has 0 atom stereocenters. The Morgan fingerprint density at radius 2 is 1.80 bits per heavy atom. The van der Waals surface area contributed by atoms with Gasteiger partial charge in [-0.2, -0.15) is 0 Å². The smallest absolute Gasteiger partial charge is 0.255 e. The number of carbonyl (C=O) groups is 1. The third-order valence-electron chi connectivity index (χ3n) is 4.07. The summed E-state index contributed by atoms with van der Waals surface area (Å²) in [6, 6.07) is 13.1. The average molecular weight is 336 g/mol. The van der Waals surface area contributed by atoms with Crippen LogP contribution in [0.15, 0.2) is 47.5 Å². The number of amides is 1. The van der Waals surface area contributed by atoms with Crippen molar-refractivity contribution in [3.63, 3.8) is 0 Å². The standard InChI is InChI=1S/C20H24N4O/c1-13-16(18(22)23-12-21)6-5-7-17(13)24-19(25)14-8-10-15(11-9-14)20(2,3)4/h5-12H,1-4H3,(H,24,25)(H3,21,22,23). The van der Waals surface area contributed by atoms with E-state index in [-0.39, 0.29) is 17.2 Å². The predicted octanol–water partition coefficient (Wildman–Crippen LogP) is 3.86. The molecule has 2 aromatic carbocycles. The second-order valence-electron chi connectivity index (χ2n) is 6.90. The highest BCUT2D eigenvalue weighted by molar-refractivity contribution is 6.07. The Hall–Kier alpha value is -2.95. The maximum atomic E-state index is 12.5. The minimum atomic E-state index is -0.178. The van der Waals surface area contributed by atoms with E-state index in [2.05, 4.69) is 31.1 Å². The average Bonchev–Trinajstić information content (AvgIpc) is 2.56. The normalized spacial score (nSPS) is 11.9. The first-order valence-electron chi connectivity index (χ1n) is 8.08. The Bertz CT molecular complexity index is 815. The lowest BCUT2D eigenvalue weighted by atomic mass is 9.86. The van der Waals surface area contributed by atoms with E-state index in [4.69, 9.17) is 11.1 Å². The lowest BCUT2D eigenvalue weighted by Crippen LogP contribution is -2.18. The second-order valence-corrected chi connectivity index (χ2v) is 6.90. The van der Waals surface area contributed by atoms with Crippen LogP contribution in [0.2, 0.25) is 0 Å². The number of hydrogen-bond acceptors (Lipinski definition) is 2. The van der Waals surface area contributed by atoms with Crippen LogP contribution in [0.5, 0.6) is 0 Å². The van der Waals surface area contributed by atoms with E-state index < -0.39 is 0 Å². The van der Waals surface area contributed by atoms with Gasteiger partial charge < -0.3 is 11.1 Å². The number of carbonyl (C=O) groups excluding carboxylic acids is 1. The van der Waals surface area contributed by atoms with E-state index in [0.29, 0.717) is 16.8 Å². The molecule has 1 amide bonds. The van der Waals surface area contributed by atoms with Gasteiger partial charge in [-0.05, 0) is 41.7 Å². The van der Waals surface area contributed by atoms with Gasteiger partial charge in [0.25, 0.3) is 5.91 Å². The van der Waals surface area contributed by atoms with Gasteiger partial charge in [-0.15, -0.1) is 0 Å². The van der Waals surface area contributed by atoms with Gasteiger partial charge in [0, 0.05) is 16.8 Å². The zero-order chi connectivity index (χ0) is 18.6. The molecule has 5 nitrogen and oxygen atoms in total. The summed E-state index contributed by atoms with van der Waals surface area (Å²) >= 11 is 0. The van der Waals surface area contributed by atoms with Gasteiger partial charge in [0.15, 0.2) is 0 Å². The first-order chi connectivity index (χ1) is 11.7. The summed E-state index contributed by atoms with van der Waals surface area (Å²) < 4.78 is 0. The lowest BCUT2D eigenvalue weighted by Gasteiger charge is -2.19. The van der Waals surface area contributed by atoms with Crippen molar-refractivity contribution in [2.75, 3.05) is 5.32 Å². The molecule has 0 spiro atoms. The van der Waals surface area contributed by atoms with Crippen molar-refractivity contribution in [1.29, 1.82) is 5.41 Å². The van der Waals surface area contributed by atoms with Gasteiger partial charge in [-0.25, -0.2) is 4.99 Å². The van der Waals surface area contributed by atoms with Crippen LogP contribution in [0.25, 0.3) is 0 Å². The molecule has 0 bridgehead atoms. The number of aliphatic imine (C=N–C) groups is 1. The number of hydrogen-bond donors (Lipinski definition) is 3. The molecule has 0 aromatic heterocycles. The Balaban J connectivity index is 2.25. The van der Waals surface area contributed by atoms with E-state index in [0.717, 1.165) is 11.9 Å². The first-order valence-corrected chi connectivity index (χ1v) is 8.08. The molecule has 0 aliphatic carbocycles. The minimum absolute atomic E-state index is 0.0473. The Morgan fingerprint density at radius 1 is 1.16 bits per heavy atom. The quantitative estimate of drug-likeness (QED) is 0.584. The number of anilines is 1. The zero-order valence-electron chi connectivity index (χ0n) is 15.1. The molecule has 5 heteroatoms. The number of nitrogens with one attached hydrogen (secondary N) is 2. The third kappa shape index (κ3) is 4.32. The summed E-state index contributed by atoms with van der Waals surface area (Å²) in [5.41, 5.74) is 9.86. The molecule has 0 heterocycles. The topological polar surface area (TPSA) is 91.3 Å². The first kappa shape index (κ1) is 18.4. The lowest BCUT2D eigenvalue weighted by molar-refractivity contribution is 0.102. The van der Waals surface area contributed by atoms with Crippen molar-refractivity contribution in [3.8, 4) is 0 Å². The molecular weight excluding hydrogens is 312 g/mol. The van der Waals surface area contributed by atoms with Gasteiger partial charge in [0.2, 0.25) is 0 Å². The fourth-order valence-corrected chi connectivity index (χ4v) is 2.50. The van der Waals surface area contributed by atoms with E-state index in [1.165, 1.54) is 5.56 Å². The monoisotopic (exact) mass is 336 g/mol. The van der Waals surface area contributed by atoms with Gasteiger partial charge in [-0.3, -0.25) is 10.2 Å². The van der Waals surface area contributed by atoms with E-state index >= 15 is 0 Å². The predicted molar refractivity (Wildman–Crippen MR) is 104 cm³/mol. The highest BCUT2D eigenvalue weighted by Gasteiger charge is 2.15.